The highest BCUT2D eigenvalue weighted by Gasteiger charge is 2.34. The number of aromatic nitrogens is 4. The van der Waals surface area contributed by atoms with Gasteiger partial charge in [0.05, 0.1) is 11.9 Å². The Kier molecular flexibility index (Phi) is 7.42. The lowest BCUT2D eigenvalue weighted by Crippen LogP contribution is -2.29. The average Bonchev–Trinajstić information content (AvgIpc) is 3.25. The van der Waals surface area contributed by atoms with Crippen molar-refractivity contribution in [3.05, 3.63) is 30.0 Å². The molecule has 0 unspecified atom stereocenters. The highest BCUT2D eigenvalue weighted by atomic mass is 19.4. The number of rotatable bonds is 7. The third-order valence-corrected chi connectivity index (χ3v) is 6.97. The highest BCUT2D eigenvalue weighted by molar-refractivity contribution is 5.78. The van der Waals surface area contributed by atoms with Crippen molar-refractivity contribution in [3.63, 3.8) is 0 Å². The number of alkyl halides is 3. The van der Waals surface area contributed by atoms with Gasteiger partial charge < -0.3 is 25.8 Å². The molecule has 0 atom stereocenters. The average molecular weight is 556 g/mol. The molecule has 0 spiro atoms. The first-order valence-corrected chi connectivity index (χ1v) is 12.5. The number of nitrogens with two attached hydrogens (primary N) is 1. The lowest BCUT2D eigenvalue weighted by Gasteiger charge is -2.29. The van der Waals surface area contributed by atoms with E-state index in [1.807, 2.05) is 0 Å². The van der Waals surface area contributed by atoms with E-state index in [9.17, 15) is 26.7 Å². The predicted molar refractivity (Wildman–Crippen MR) is 129 cm³/mol. The Balaban J connectivity index is 1.49. The van der Waals surface area contributed by atoms with Crippen molar-refractivity contribution >= 4 is 34.7 Å². The van der Waals surface area contributed by atoms with Crippen LogP contribution in [0.1, 0.15) is 44.6 Å². The van der Waals surface area contributed by atoms with Crippen LogP contribution in [-0.2, 0) is 9.53 Å². The third-order valence-electron chi connectivity index (χ3n) is 6.97. The van der Waals surface area contributed by atoms with Gasteiger partial charge in [0.1, 0.15) is 5.52 Å². The fraction of sp³-hybridized carbons (Fsp3) is 0.500. The molecule has 10 nitrogen and oxygen atoms in total. The van der Waals surface area contributed by atoms with Crippen LogP contribution < -0.4 is 21.1 Å². The van der Waals surface area contributed by atoms with Gasteiger partial charge in [-0.3, -0.25) is 9.36 Å². The maximum absolute atomic E-state index is 14.8. The molecule has 15 heteroatoms. The molecule has 1 saturated heterocycles. The van der Waals surface area contributed by atoms with Crippen LogP contribution in [0, 0.1) is 17.6 Å². The zero-order valence-electron chi connectivity index (χ0n) is 20.6. The molecule has 1 saturated carbocycles. The van der Waals surface area contributed by atoms with Gasteiger partial charge in [0.15, 0.2) is 17.2 Å². The van der Waals surface area contributed by atoms with Crippen LogP contribution in [0.5, 0.6) is 5.75 Å². The summed E-state index contributed by atoms with van der Waals surface area (Å²) in [5, 5.41) is 5.98. The highest BCUT2D eigenvalue weighted by Crippen LogP contribution is 2.38. The first kappa shape index (κ1) is 26.8. The number of halogens is 5. The number of fused-ring (bicyclic) bond motifs is 1. The normalized spacial score (nSPS) is 20.6. The largest absolute Gasteiger partial charge is 0.573 e. The van der Waals surface area contributed by atoms with Crippen LogP contribution in [0.2, 0.25) is 0 Å². The number of carbonyl (C=O) groups excluding carboxylic acids is 1. The van der Waals surface area contributed by atoms with E-state index in [2.05, 4.69) is 30.3 Å². The Labute approximate surface area is 219 Å². The van der Waals surface area contributed by atoms with Crippen LogP contribution in [0.3, 0.4) is 0 Å². The molecule has 4 N–H and O–H groups in total. The molecule has 1 aliphatic heterocycles. The first-order valence-electron chi connectivity index (χ1n) is 12.5. The summed E-state index contributed by atoms with van der Waals surface area (Å²) in [5.74, 6) is -4.87. The summed E-state index contributed by atoms with van der Waals surface area (Å²) in [5.41, 5.74) is 5.82. The summed E-state index contributed by atoms with van der Waals surface area (Å²) < 4.78 is 77.5. The van der Waals surface area contributed by atoms with E-state index in [1.54, 1.807) is 4.57 Å². The minimum absolute atomic E-state index is 0.0906. The molecular formula is C24H26F5N7O3. The lowest BCUT2D eigenvalue weighted by molar-refractivity contribution is -0.275. The van der Waals surface area contributed by atoms with Gasteiger partial charge >= 0.3 is 6.36 Å². The number of ether oxygens (including phenoxy) is 2. The van der Waals surface area contributed by atoms with E-state index in [0.29, 0.717) is 62.1 Å². The topological polar surface area (TPSA) is 129 Å². The smallest absolute Gasteiger partial charge is 0.403 e. The predicted octanol–water partition coefficient (Wildman–Crippen LogP) is 4.55. The molecule has 0 bridgehead atoms. The van der Waals surface area contributed by atoms with Crippen LogP contribution in [0.4, 0.5) is 39.5 Å². The first-order chi connectivity index (χ1) is 18.6. The van der Waals surface area contributed by atoms with E-state index in [4.69, 9.17) is 10.5 Å². The summed E-state index contributed by atoms with van der Waals surface area (Å²) in [6.45, 7) is 1.23. The minimum atomic E-state index is -5.19. The molecule has 39 heavy (non-hydrogen) atoms. The molecule has 1 amide bonds. The summed E-state index contributed by atoms with van der Waals surface area (Å²) >= 11 is 0. The number of hydrogen-bond donors (Lipinski definition) is 3. The van der Waals surface area contributed by atoms with Crippen molar-refractivity contribution in [2.45, 2.75) is 57.0 Å². The summed E-state index contributed by atoms with van der Waals surface area (Å²) in [4.78, 5) is 25.1. The van der Waals surface area contributed by atoms with E-state index in [1.165, 1.54) is 6.20 Å². The van der Waals surface area contributed by atoms with E-state index < -0.39 is 29.4 Å². The van der Waals surface area contributed by atoms with Crippen molar-refractivity contribution < 1.29 is 36.2 Å². The molecule has 3 aromatic rings. The van der Waals surface area contributed by atoms with Crippen LogP contribution in [-0.4, -0.2) is 51.0 Å². The van der Waals surface area contributed by atoms with Crippen molar-refractivity contribution in [3.8, 4) is 5.75 Å². The van der Waals surface area contributed by atoms with Crippen molar-refractivity contribution in [1.29, 1.82) is 0 Å². The number of benzene rings is 1. The van der Waals surface area contributed by atoms with Gasteiger partial charge in [-0.05, 0) is 50.7 Å². The lowest BCUT2D eigenvalue weighted by atomic mass is 9.85. The second-order valence-corrected chi connectivity index (χ2v) is 9.56. The van der Waals surface area contributed by atoms with E-state index >= 15 is 0 Å². The molecule has 210 valence electrons. The van der Waals surface area contributed by atoms with Crippen molar-refractivity contribution in [2.75, 3.05) is 23.8 Å². The van der Waals surface area contributed by atoms with Crippen LogP contribution >= 0.6 is 0 Å². The third kappa shape index (κ3) is 5.97. The molecule has 3 heterocycles. The quantitative estimate of drug-likeness (QED) is 0.362. The van der Waals surface area contributed by atoms with Gasteiger partial charge in [0.25, 0.3) is 0 Å². The Hall–Kier alpha value is -3.75. The number of nitrogens with one attached hydrogen (secondary N) is 2. The van der Waals surface area contributed by atoms with E-state index in [0.717, 1.165) is 18.9 Å². The number of carbonyl (C=O) groups is 1. The Morgan fingerprint density at radius 1 is 1.05 bits per heavy atom. The van der Waals surface area contributed by atoms with Crippen molar-refractivity contribution in [1.82, 2.24) is 19.5 Å². The van der Waals surface area contributed by atoms with Gasteiger partial charge in [-0.2, -0.15) is 9.37 Å². The number of anilines is 3. The van der Waals surface area contributed by atoms with Crippen molar-refractivity contribution in [2.24, 2.45) is 11.7 Å². The van der Waals surface area contributed by atoms with Crippen LogP contribution in [0.15, 0.2) is 18.3 Å². The molecule has 2 aliphatic rings. The van der Waals surface area contributed by atoms with Gasteiger partial charge in [-0.1, -0.05) is 0 Å². The Morgan fingerprint density at radius 2 is 1.77 bits per heavy atom. The summed E-state index contributed by atoms with van der Waals surface area (Å²) in [7, 11) is 0. The molecule has 5 rings (SSSR count). The zero-order chi connectivity index (χ0) is 27.7. The number of imidazole rings is 1. The fourth-order valence-corrected chi connectivity index (χ4v) is 4.99. The zero-order valence-corrected chi connectivity index (χ0v) is 20.6. The number of primary amides is 1. The Bertz CT molecular complexity index is 1350. The second-order valence-electron chi connectivity index (χ2n) is 9.56. The molecule has 2 fully saturated rings. The van der Waals surface area contributed by atoms with Gasteiger partial charge in [0, 0.05) is 31.2 Å². The number of nitrogens with zero attached hydrogens (tertiary/aromatic N) is 4. The number of hydrogen-bond acceptors (Lipinski definition) is 8. The molecule has 2 aromatic heterocycles. The van der Waals surface area contributed by atoms with Gasteiger partial charge in [0.2, 0.25) is 23.6 Å². The molecule has 0 radical (unpaired) electrons. The number of amides is 1. The molecule has 1 aliphatic carbocycles. The standard InChI is InChI=1S/C24H26F5N7O3/c25-18-15(5-6-17(19(18)26)39-24(27,28)29)33-23-34-16-11-31-22(32-13-7-9-38-10-8-13)35-21(16)36(23)14-3-1-12(2-4-14)20(30)37/h5-6,11-14H,1-4,7-10H2,(H2,30,37)(H,33,34)(H,31,32,35)/t12-,14+. The van der Waals surface area contributed by atoms with Gasteiger partial charge in [-0.25, -0.2) is 14.4 Å². The molecule has 1 aromatic carbocycles. The second kappa shape index (κ2) is 10.8. The minimum Gasteiger partial charge on any atom is -0.403 e. The van der Waals surface area contributed by atoms with E-state index in [-0.39, 0.29) is 29.9 Å². The maximum Gasteiger partial charge on any atom is 0.573 e. The molecular weight excluding hydrogens is 529 g/mol. The monoisotopic (exact) mass is 555 g/mol. The van der Waals surface area contributed by atoms with Gasteiger partial charge in [-0.15, -0.1) is 13.2 Å². The van der Waals surface area contributed by atoms with Crippen LogP contribution in [0.25, 0.3) is 11.2 Å². The fourth-order valence-electron chi connectivity index (χ4n) is 4.99. The SMILES string of the molecule is NC(=O)[C@H]1CC[C@@H](n2c(Nc3ccc(OC(F)(F)F)c(F)c3F)nc3cnc(NC4CCOCC4)nc32)CC1. The maximum atomic E-state index is 14.8. The summed E-state index contributed by atoms with van der Waals surface area (Å²) in [6.07, 6.45) is -0.0149. The summed E-state index contributed by atoms with van der Waals surface area (Å²) in [6, 6.07) is 1.50. The Morgan fingerprint density at radius 3 is 2.44 bits per heavy atom.